The molecule has 0 aliphatic heterocycles. The van der Waals surface area contributed by atoms with Crippen LogP contribution in [0, 0.1) is 0 Å². The number of hydrogen-bond acceptors (Lipinski definition) is 6. The second-order valence-corrected chi connectivity index (χ2v) is 10.1. The molecule has 5 nitrogen and oxygen atoms in total. The molecule has 0 saturated heterocycles. The first kappa shape index (κ1) is 23.1. The molecule has 39 heavy (non-hydrogen) atoms. The van der Waals surface area contributed by atoms with Crippen LogP contribution in [0.2, 0.25) is 0 Å². The van der Waals surface area contributed by atoms with E-state index in [0.29, 0.717) is 0 Å². The minimum Gasteiger partial charge on any atom is -0.264 e. The second-order valence-electron chi connectivity index (χ2n) is 9.10. The monoisotopic (exact) mass is 519 g/mol. The molecule has 0 unspecified atom stereocenters. The van der Waals surface area contributed by atoms with Gasteiger partial charge >= 0.3 is 0 Å². The fraction of sp³-hybridized carbons (Fsp3) is 0. The highest BCUT2D eigenvalue weighted by Crippen LogP contribution is 2.39. The quantitative estimate of drug-likeness (QED) is 0.229. The Bertz CT molecular complexity index is 1810. The Kier molecular flexibility index (Phi) is 5.92. The summed E-state index contributed by atoms with van der Waals surface area (Å²) in [5, 5.41) is 0.936. The summed E-state index contributed by atoms with van der Waals surface area (Å²) >= 11 is 1.68. The molecule has 0 radical (unpaired) electrons. The van der Waals surface area contributed by atoms with Crippen LogP contribution in [0.25, 0.3) is 65.6 Å². The van der Waals surface area contributed by atoms with Gasteiger partial charge in [-0.15, -0.1) is 11.3 Å². The zero-order valence-corrected chi connectivity index (χ0v) is 21.6. The molecule has 0 saturated carbocycles. The van der Waals surface area contributed by atoms with Crippen LogP contribution in [0.1, 0.15) is 0 Å². The van der Waals surface area contributed by atoms with Crippen molar-refractivity contribution >= 4 is 21.6 Å². The molecule has 0 aliphatic carbocycles. The molecular formula is C33H21N5S. The minimum atomic E-state index is 0.859. The summed E-state index contributed by atoms with van der Waals surface area (Å²) < 4.78 is 1.15. The average Bonchev–Trinajstić information content (AvgIpc) is 3.46. The van der Waals surface area contributed by atoms with E-state index in [1.165, 1.54) is 0 Å². The van der Waals surface area contributed by atoms with Crippen LogP contribution < -0.4 is 0 Å². The standard InChI is InChI=1S/C33H21N5S/c1-2-10-31-30(9-1)38-33(39-31)28-11-12-29(24-8-5-15-36-21-24)37-32(28)27-17-25(22-6-3-13-34-19-22)16-26(18-27)23-7-4-14-35-20-23/h1-21H. The third kappa shape index (κ3) is 4.58. The van der Waals surface area contributed by atoms with Gasteiger partial charge in [0.25, 0.3) is 0 Å². The number of thiazole rings is 1. The fourth-order valence-electron chi connectivity index (χ4n) is 4.68. The Balaban J connectivity index is 1.49. The lowest BCUT2D eigenvalue weighted by molar-refractivity contribution is 1.27. The Labute approximate surface area is 229 Å². The number of benzene rings is 2. The molecular weight excluding hydrogens is 498 g/mol. The van der Waals surface area contributed by atoms with Crippen molar-refractivity contribution in [3.05, 3.63) is 128 Å². The van der Waals surface area contributed by atoms with Crippen molar-refractivity contribution < 1.29 is 0 Å². The molecule has 7 rings (SSSR count). The summed E-state index contributed by atoms with van der Waals surface area (Å²) in [5.74, 6) is 0. The van der Waals surface area contributed by atoms with E-state index in [1.807, 2.05) is 55.0 Å². The largest absolute Gasteiger partial charge is 0.264 e. The topological polar surface area (TPSA) is 64.5 Å². The minimum absolute atomic E-state index is 0.859. The maximum atomic E-state index is 5.22. The first-order valence-electron chi connectivity index (χ1n) is 12.6. The summed E-state index contributed by atoms with van der Waals surface area (Å²) in [7, 11) is 0. The number of rotatable bonds is 5. The van der Waals surface area contributed by atoms with E-state index in [1.54, 1.807) is 29.9 Å². The van der Waals surface area contributed by atoms with E-state index in [9.17, 15) is 0 Å². The van der Waals surface area contributed by atoms with E-state index in [4.69, 9.17) is 9.97 Å². The maximum Gasteiger partial charge on any atom is 0.126 e. The number of hydrogen-bond donors (Lipinski definition) is 0. The molecule has 5 aromatic heterocycles. The van der Waals surface area contributed by atoms with Crippen LogP contribution >= 0.6 is 11.3 Å². The molecule has 5 heterocycles. The fourth-order valence-corrected chi connectivity index (χ4v) is 5.67. The molecule has 0 N–H and O–H groups in total. The van der Waals surface area contributed by atoms with Gasteiger partial charge in [0, 0.05) is 65.0 Å². The van der Waals surface area contributed by atoms with Gasteiger partial charge in [0.05, 0.1) is 21.6 Å². The van der Waals surface area contributed by atoms with E-state index < -0.39 is 0 Å². The second kappa shape index (κ2) is 10.0. The smallest absolute Gasteiger partial charge is 0.126 e. The van der Waals surface area contributed by atoms with Crippen molar-refractivity contribution in [3.8, 4) is 55.3 Å². The van der Waals surface area contributed by atoms with Gasteiger partial charge in [0.15, 0.2) is 0 Å². The third-order valence-electron chi connectivity index (χ3n) is 6.57. The summed E-state index contributed by atoms with van der Waals surface area (Å²) in [6.07, 6.45) is 11.0. The normalized spacial score (nSPS) is 11.1. The third-order valence-corrected chi connectivity index (χ3v) is 7.64. The Hall–Kier alpha value is -5.07. The Morgan fingerprint density at radius 1 is 0.487 bits per heavy atom. The van der Waals surface area contributed by atoms with Gasteiger partial charge in [-0.2, -0.15) is 0 Å². The molecule has 0 aliphatic rings. The highest BCUT2D eigenvalue weighted by Gasteiger charge is 2.17. The van der Waals surface area contributed by atoms with Gasteiger partial charge < -0.3 is 0 Å². The summed E-state index contributed by atoms with van der Waals surface area (Å²) in [6.45, 7) is 0. The summed E-state index contributed by atoms with van der Waals surface area (Å²) in [6, 6.07) is 31.0. The first-order chi connectivity index (χ1) is 19.3. The predicted octanol–water partition coefficient (Wildman–Crippen LogP) is 8.21. The number of nitrogens with zero attached hydrogens (tertiary/aromatic N) is 5. The molecule has 184 valence electrons. The number of aromatic nitrogens is 5. The molecule has 2 aromatic carbocycles. The van der Waals surface area contributed by atoms with E-state index in [0.717, 1.165) is 65.6 Å². The number of pyridine rings is 4. The van der Waals surface area contributed by atoms with Crippen molar-refractivity contribution in [3.63, 3.8) is 0 Å². The van der Waals surface area contributed by atoms with Crippen LogP contribution in [-0.4, -0.2) is 24.9 Å². The zero-order chi connectivity index (χ0) is 26.0. The van der Waals surface area contributed by atoms with Gasteiger partial charge in [0.2, 0.25) is 0 Å². The molecule has 0 spiro atoms. The van der Waals surface area contributed by atoms with Gasteiger partial charge in [-0.3, -0.25) is 15.0 Å². The van der Waals surface area contributed by atoms with Crippen LogP contribution in [0.3, 0.4) is 0 Å². The van der Waals surface area contributed by atoms with Crippen LogP contribution in [-0.2, 0) is 0 Å². The summed E-state index contributed by atoms with van der Waals surface area (Å²) in [4.78, 5) is 23.3. The van der Waals surface area contributed by atoms with E-state index >= 15 is 0 Å². The SMILES string of the molecule is c1cncc(-c2cc(-c3cccnc3)cc(-c3nc(-c4cccnc4)ccc3-c3nc4ccccc4s3)c2)c1. The lowest BCUT2D eigenvalue weighted by Gasteiger charge is -2.14. The molecule has 6 heteroatoms. The van der Waals surface area contributed by atoms with Gasteiger partial charge in [0.1, 0.15) is 5.01 Å². The number of para-hydroxylation sites is 1. The van der Waals surface area contributed by atoms with E-state index in [-0.39, 0.29) is 0 Å². The molecule has 0 bridgehead atoms. The van der Waals surface area contributed by atoms with Crippen LogP contribution in [0.4, 0.5) is 0 Å². The Morgan fingerprint density at radius 2 is 1.10 bits per heavy atom. The van der Waals surface area contributed by atoms with Crippen molar-refractivity contribution in [2.75, 3.05) is 0 Å². The highest BCUT2D eigenvalue weighted by atomic mass is 32.1. The Morgan fingerprint density at radius 3 is 1.72 bits per heavy atom. The predicted molar refractivity (Wildman–Crippen MR) is 158 cm³/mol. The molecule has 0 amide bonds. The van der Waals surface area contributed by atoms with Crippen LogP contribution in [0.5, 0.6) is 0 Å². The van der Waals surface area contributed by atoms with Gasteiger partial charge in [-0.1, -0.05) is 24.3 Å². The number of fused-ring (bicyclic) bond motifs is 1. The molecule has 7 aromatic rings. The van der Waals surface area contributed by atoms with Crippen molar-refractivity contribution in [2.45, 2.75) is 0 Å². The van der Waals surface area contributed by atoms with Crippen molar-refractivity contribution in [1.29, 1.82) is 0 Å². The van der Waals surface area contributed by atoms with E-state index in [2.05, 4.69) is 69.5 Å². The lowest BCUT2D eigenvalue weighted by Crippen LogP contribution is -1.94. The summed E-state index contributed by atoms with van der Waals surface area (Å²) in [5.41, 5.74) is 9.85. The molecule has 0 fully saturated rings. The van der Waals surface area contributed by atoms with Gasteiger partial charge in [-0.05, 0) is 77.9 Å². The van der Waals surface area contributed by atoms with Gasteiger partial charge in [-0.25, -0.2) is 9.97 Å². The average molecular weight is 520 g/mol. The zero-order valence-electron chi connectivity index (χ0n) is 20.8. The highest BCUT2D eigenvalue weighted by molar-refractivity contribution is 7.21. The molecule has 0 atom stereocenters. The lowest BCUT2D eigenvalue weighted by atomic mass is 9.94. The maximum absolute atomic E-state index is 5.22. The van der Waals surface area contributed by atoms with Crippen LogP contribution in [0.15, 0.2) is 128 Å². The van der Waals surface area contributed by atoms with Crippen molar-refractivity contribution in [2.24, 2.45) is 0 Å². The first-order valence-corrected chi connectivity index (χ1v) is 13.4. The van der Waals surface area contributed by atoms with Crippen molar-refractivity contribution in [1.82, 2.24) is 24.9 Å².